The van der Waals surface area contributed by atoms with E-state index in [1.165, 1.54) is 12.1 Å². The molecule has 26 heavy (non-hydrogen) atoms. The minimum Gasteiger partial charge on any atom is -0.382 e. The summed E-state index contributed by atoms with van der Waals surface area (Å²) in [7, 11) is 0. The van der Waals surface area contributed by atoms with Crippen molar-refractivity contribution >= 4 is 39.6 Å². The average Bonchev–Trinajstić information content (AvgIpc) is 3.01. The van der Waals surface area contributed by atoms with E-state index in [1.54, 1.807) is 34.9 Å². The highest BCUT2D eigenvalue weighted by atomic mass is 127. The number of hydrogen-bond donors (Lipinski definition) is 1. The molecule has 126 valence electrons. The summed E-state index contributed by atoms with van der Waals surface area (Å²) in [5.74, 6) is 0.338. The SMILES string of the molecule is N#Cc1cccc(-n2c(-c3cccc(F)c3)nc3c(N)nc(I)nc32)c1. The Kier molecular flexibility index (Phi) is 4.00. The third-order valence-electron chi connectivity index (χ3n) is 3.82. The molecule has 0 saturated heterocycles. The predicted octanol–water partition coefficient (Wildman–Crippen LogP) is 3.68. The lowest BCUT2D eigenvalue weighted by molar-refractivity contribution is 0.628. The summed E-state index contributed by atoms with van der Waals surface area (Å²) >= 11 is 1.98. The van der Waals surface area contributed by atoms with Gasteiger partial charge >= 0.3 is 0 Å². The van der Waals surface area contributed by atoms with Crippen LogP contribution in [-0.4, -0.2) is 19.5 Å². The molecule has 0 aliphatic rings. The second kappa shape index (κ2) is 6.34. The molecular weight excluding hydrogens is 446 g/mol. The molecule has 2 aromatic carbocycles. The third kappa shape index (κ3) is 2.76. The smallest absolute Gasteiger partial charge is 0.194 e. The van der Waals surface area contributed by atoms with E-state index >= 15 is 0 Å². The van der Waals surface area contributed by atoms with E-state index < -0.39 is 0 Å². The number of imidazole rings is 1. The Hall–Kier alpha value is -3.06. The van der Waals surface area contributed by atoms with Crippen molar-refractivity contribution in [2.24, 2.45) is 0 Å². The van der Waals surface area contributed by atoms with Gasteiger partial charge < -0.3 is 5.73 Å². The number of nitriles is 1. The summed E-state index contributed by atoms with van der Waals surface area (Å²) in [5, 5.41) is 9.21. The molecule has 0 fully saturated rings. The van der Waals surface area contributed by atoms with Crippen molar-refractivity contribution in [3.63, 3.8) is 0 Å². The van der Waals surface area contributed by atoms with Crippen molar-refractivity contribution < 1.29 is 4.39 Å². The van der Waals surface area contributed by atoms with Crippen LogP contribution < -0.4 is 5.73 Å². The van der Waals surface area contributed by atoms with Gasteiger partial charge in [-0.2, -0.15) is 5.26 Å². The van der Waals surface area contributed by atoms with Crippen LogP contribution in [0.2, 0.25) is 0 Å². The number of nitrogen functional groups attached to an aromatic ring is 1. The monoisotopic (exact) mass is 456 g/mol. The van der Waals surface area contributed by atoms with E-state index in [2.05, 4.69) is 21.0 Å². The minimum atomic E-state index is -0.375. The van der Waals surface area contributed by atoms with E-state index in [1.807, 2.05) is 28.7 Å². The fourth-order valence-electron chi connectivity index (χ4n) is 2.73. The zero-order valence-corrected chi connectivity index (χ0v) is 15.3. The van der Waals surface area contributed by atoms with E-state index in [0.29, 0.717) is 37.6 Å². The molecule has 0 aliphatic carbocycles. The molecule has 8 heteroatoms. The number of nitrogens with two attached hydrogens (primary N) is 1. The molecule has 6 nitrogen and oxygen atoms in total. The van der Waals surface area contributed by atoms with Crippen molar-refractivity contribution in [2.45, 2.75) is 0 Å². The molecule has 4 aromatic rings. The molecule has 0 aliphatic heterocycles. The lowest BCUT2D eigenvalue weighted by atomic mass is 10.2. The molecule has 0 spiro atoms. The van der Waals surface area contributed by atoms with Gasteiger partial charge in [-0.05, 0) is 30.3 Å². The number of benzene rings is 2. The van der Waals surface area contributed by atoms with Gasteiger partial charge in [0.1, 0.15) is 11.6 Å². The molecule has 0 saturated carbocycles. The van der Waals surface area contributed by atoms with Crippen molar-refractivity contribution in [1.29, 1.82) is 5.26 Å². The summed E-state index contributed by atoms with van der Waals surface area (Å²) in [6.45, 7) is 0. The molecule has 2 N–H and O–H groups in total. The van der Waals surface area contributed by atoms with E-state index in [9.17, 15) is 9.65 Å². The minimum absolute atomic E-state index is 0.243. The fourth-order valence-corrected chi connectivity index (χ4v) is 3.22. The summed E-state index contributed by atoms with van der Waals surface area (Å²) in [6.07, 6.45) is 0. The topological polar surface area (TPSA) is 93.4 Å². The number of halogens is 2. The second-order valence-corrected chi connectivity index (χ2v) is 6.46. The Balaban J connectivity index is 2.11. The predicted molar refractivity (Wildman–Crippen MR) is 104 cm³/mol. The van der Waals surface area contributed by atoms with Crippen molar-refractivity contribution in [3.8, 4) is 23.1 Å². The van der Waals surface area contributed by atoms with Gasteiger partial charge in [0.25, 0.3) is 0 Å². The highest BCUT2D eigenvalue weighted by Gasteiger charge is 2.19. The second-order valence-electron chi connectivity index (χ2n) is 5.49. The first-order chi connectivity index (χ1) is 12.6. The number of rotatable bonds is 2. The summed E-state index contributed by atoms with van der Waals surface area (Å²) in [4.78, 5) is 13.2. The van der Waals surface area contributed by atoms with Gasteiger partial charge in [0.05, 0.1) is 17.3 Å². The van der Waals surface area contributed by atoms with Gasteiger partial charge in [-0.15, -0.1) is 0 Å². The fraction of sp³-hybridized carbons (Fsp3) is 0. The van der Waals surface area contributed by atoms with Gasteiger partial charge in [-0.1, -0.05) is 18.2 Å². The number of fused-ring (bicyclic) bond motifs is 1. The normalized spacial score (nSPS) is 10.8. The highest BCUT2D eigenvalue weighted by molar-refractivity contribution is 14.1. The number of hydrogen-bond acceptors (Lipinski definition) is 5. The van der Waals surface area contributed by atoms with E-state index in [-0.39, 0.29) is 11.6 Å². The zero-order chi connectivity index (χ0) is 18.3. The highest BCUT2D eigenvalue weighted by Crippen LogP contribution is 2.30. The largest absolute Gasteiger partial charge is 0.382 e. The zero-order valence-electron chi connectivity index (χ0n) is 13.2. The maximum absolute atomic E-state index is 13.8. The van der Waals surface area contributed by atoms with Crippen LogP contribution in [0.4, 0.5) is 10.2 Å². The van der Waals surface area contributed by atoms with Crippen molar-refractivity contribution in [1.82, 2.24) is 19.5 Å². The van der Waals surface area contributed by atoms with Gasteiger partial charge in [-0.25, -0.2) is 19.3 Å². The van der Waals surface area contributed by atoms with Crippen molar-refractivity contribution in [3.05, 3.63) is 63.7 Å². The van der Waals surface area contributed by atoms with E-state index in [4.69, 9.17) is 5.73 Å². The first kappa shape index (κ1) is 16.4. The maximum atomic E-state index is 13.8. The maximum Gasteiger partial charge on any atom is 0.194 e. The Labute approximate surface area is 161 Å². The van der Waals surface area contributed by atoms with Crippen LogP contribution in [0, 0.1) is 21.0 Å². The summed E-state index contributed by atoms with van der Waals surface area (Å²) < 4.78 is 16.0. The van der Waals surface area contributed by atoms with Crippen molar-refractivity contribution in [2.75, 3.05) is 5.73 Å². The Bertz CT molecular complexity index is 1190. The standard InChI is InChI=1S/C18H10FIN6/c19-12-5-2-4-11(8-12)16-23-14-15(22)24-18(20)25-17(14)26(16)13-6-1-3-10(7-13)9-21/h1-8H,(H2,22,24,25). The first-order valence-corrected chi connectivity index (χ1v) is 8.62. The van der Waals surface area contributed by atoms with Crippen LogP contribution in [0.1, 0.15) is 5.56 Å². The Morgan fingerprint density at radius 1 is 1.08 bits per heavy atom. The molecular formula is C18H10FIN6. The van der Waals surface area contributed by atoms with Gasteiger partial charge in [0.2, 0.25) is 0 Å². The van der Waals surface area contributed by atoms with Crippen LogP contribution in [0.3, 0.4) is 0 Å². The molecule has 0 unspecified atom stereocenters. The molecule has 2 heterocycles. The Morgan fingerprint density at radius 2 is 1.88 bits per heavy atom. The average molecular weight is 456 g/mol. The number of nitrogens with zero attached hydrogens (tertiary/aromatic N) is 5. The molecule has 2 aromatic heterocycles. The van der Waals surface area contributed by atoms with Gasteiger partial charge in [0, 0.05) is 28.2 Å². The summed E-state index contributed by atoms with van der Waals surface area (Å²) in [6, 6.07) is 15.3. The lowest BCUT2D eigenvalue weighted by Gasteiger charge is -2.09. The lowest BCUT2D eigenvalue weighted by Crippen LogP contribution is -2.02. The van der Waals surface area contributed by atoms with E-state index in [0.717, 1.165) is 0 Å². The number of aromatic nitrogens is 4. The van der Waals surface area contributed by atoms with Crippen LogP contribution in [-0.2, 0) is 0 Å². The molecule has 4 rings (SSSR count). The first-order valence-electron chi connectivity index (χ1n) is 7.55. The van der Waals surface area contributed by atoms with Crippen LogP contribution in [0.25, 0.3) is 28.2 Å². The quantitative estimate of drug-likeness (QED) is 0.367. The van der Waals surface area contributed by atoms with Crippen LogP contribution in [0.5, 0.6) is 0 Å². The van der Waals surface area contributed by atoms with Gasteiger partial charge in [-0.3, -0.25) is 4.57 Å². The van der Waals surface area contributed by atoms with Crippen LogP contribution in [0.15, 0.2) is 48.5 Å². The van der Waals surface area contributed by atoms with Crippen LogP contribution >= 0.6 is 22.6 Å². The molecule has 0 atom stereocenters. The van der Waals surface area contributed by atoms with Gasteiger partial charge in [0.15, 0.2) is 20.8 Å². The Morgan fingerprint density at radius 3 is 2.65 bits per heavy atom. The summed E-state index contributed by atoms with van der Waals surface area (Å²) in [5.41, 5.74) is 8.68. The third-order valence-corrected chi connectivity index (χ3v) is 4.31. The molecule has 0 radical (unpaired) electrons. The molecule has 0 amide bonds. The number of anilines is 1. The molecule has 0 bridgehead atoms.